The fraction of sp³-hybridized carbons (Fsp3) is 0.606. The summed E-state index contributed by atoms with van der Waals surface area (Å²) in [6, 6.07) is -3.16. The van der Waals surface area contributed by atoms with Crippen molar-refractivity contribution in [2.45, 2.75) is 109 Å². The summed E-state index contributed by atoms with van der Waals surface area (Å²) in [5.41, 5.74) is 11.3. The Balaban J connectivity index is 1.72. The molecule has 17 heteroatoms. The second-order valence-corrected chi connectivity index (χ2v) is 15.1. The Kier molecular flexibility index (Phi) is 12.6. The van der Waals surface area contributed by atoms with Crippen LogP contribution in [0.3, 0.4) is 0 Å². The van der Waals surface area contributed by atoms with E-state index in [1.165, 1.54) is 18.0 Å². The zero-order valence-electron chi connectivity index (χ0n) is 28.7. The number of carbonyl (C=O) groups is 7. The number of aliphatic imine (C=N–C) groups is 1. The Bertz CT molecular complexity index is 1540. The number of primary amides is 2. The molecular weight excluding hydrogens is 666 g/mol. The average molecular weight is 714 g/mol. The minimum absolute atomic E-state index is 0.0310. The molecule has 1 fully saturated rings. The molecule has 0 saturated heterocycles. The van der Waals surface area contributed by atoms with Crippen molar-refractivity contribution in [2.75, 3.05) is 5.75 Å². The van der Waals surface area contributed by atoms with E-state index in [1.54, 1.807) is 39.8 Å². The molecule has 0 aromatic carbocycles. The van der Waals surface area contributed by atoms with Gasteiger partial charge in [0.25, 0.3) is 0 Å². The number of aromatic nitrogens is 1. The van der Waals surface area contributed by atoms with E-state index in [-0.39, 0.29) is 38.0 Å². The van der Waals surface area contributed by atoms with Gasteiger partial charge in [0.1, 0.15) is 41.3 Å². The highest BCUT2D eigenvalue weighted by molar-refractivity contribution is 8.14. The second-order valence-electron chi connectivity index (χ2n) is 14.1. The summed E-state index contributed by atoms with van der Waals surface area (Å²) in [5, 5.41) is 14.0. The predicted molar refractivity (Wildman–Crippen MR) is 185 cm³/mol. The van der Waals surface area contributed by atoms with E-state index >= 15 is 0 Å². The lowest BCUT2D eigenvalue weighted by Gasteiger charge is -2.33. The number of pyridine rings is 1. The molecule has 7 amide bonds. The van der Waals surface area contributed by atoms with Gasteiger partial charge in [0.05, 0.1) is 5.69 Å². The first-order chi connectivity index (χ1) is 23.5. The molecule has 2 aliphatic heterocycles. The lowest BCUT2D eigenvalue weighted by atomic mass is 9.85. The largest absolute Gasteiger partial charge is 0.370 e. The maximum atomic E-state index is 13.8. The number of hydrogen-bond donors (Lipinski definition) is 7. The lowest BCUT2D eigenvalue weighted by molar-refractivity contribution is -0.136. The van der Waals surface area contributed by atoms with Crippen LogP contribution in [0.4, 0.5) is 0 Å². The standard InChI is InChI=1S/C33H47N9O7S/c1-5-18-27(45)42-25(33(2,3)4)31(49)40-21(12-16-6-7-16)29(47)38-19(8-9-24(34)43)28(46)39-20(26(35)44)13-17-10-11-36-22(14-17)32-41-23(15-50-32)30(48)37-18/h10-11,14,16,18-21,23,25H,5-9,12-13,15H2,1-4H3,(H2,34,43)(H2,35,44)(H,37,48)(H,38,47)(H,39,46)(H,40,49)(H,42,45)/t18-,19-,20-,21-,23-,25+/m0/s1. The van der Waals surface area contributed by atoms with E-state index in [1.807, 2.05) is 0 Å². The summed E-state index contributed by atoms with van der Waals surface area (Å²) < 4.78 is 0. The Morgan fingerprint density at radius 3 is 2.14 bits per heavy atom. The van der Waals surface area contributed by atoms with E-state index < -0.39 is 83.0 Å². The number of rotatable bonds is 7. The van der Waals surface area contributed by atoms with Crippen molar-refractivity contribution in [3.63, 3.8) is 0 Å². The van der Waals surface area contributed by atoms with Crippen molar-refractivity contribution in [1.82, 2.24) is 31.6 Å². The van der Waals surface area contributed by atoms with Crippen molar-refractivity contribution in [3.05, 3.63) is 29.6 Å². The molecule has 0 unspecified atom stereocenters. The van der Waals surface area contributed by atoms with E-state index in [0.29, 0.717) is 22.1 Å². The molecular formula is C33H47N9O7S. The highest BCUT2D eigenvalue weighted by Crippen LogP contribution is 2.34. The molecule has 16 nitrogen and oxygen atoms in total. The summed E-state index contributed by atoms with van der Waals surface area (Å²) >= 11 is 1.30. The molecule has 1 aliphatic carbocycles. The van der Waals surface area contributed by atoms with E-state index in [0.717, 1.165) is 12.8 Å². The summed E-state index contributed by atoms with van der Waals surface area (Å²) in [4.78, 5) is 101. The first-order valence-electron chi connectivity index (χ1n) is 16.8. The molecule has 3 aliphatic rings. The number of nitrogens with one attached hydrogen (secondary N) is 5. The van der Waals surface area contributed by atoms with Crippen molar-refractivity contribution >= 4 is 58.2 Å². The molecule has 9 N–H and O–H groups in total. The molecule has 1 aromatic heterocycles. The number of nitrogens with two attached hydrogens (primary N) is 2. The number of amides is 7. The molecule has 1 saturated carbocycles. The van der Waals surface area contributed by atoms with Crippen molar-refractivity contribution in [3.8, 4) is 0 Å². The van der Waals surface area contributed by atoms with Gasteiger partial charge in [-0.25, -0.2) is 0 Å². The molecule has 0 radical (unpaired) electrons. The fourth-order valence-electron chi connectivity index (χ4n) is 5.64. The van der Waals surface area contributed by atoms with Gasteiger partial charge in [0.15, 0.2) is 0 Å². The first-order valence-corrected chi connectivity index (χ1v) is 17.8. The summed E-state index contributed by atoms with van der Waals surface area (Å²) in [6.45, 7) is 7.00. The Morgan fingerprint density at radius 2 is 1.52 bits per heavy atom. The number of thioether (sulfide) groups is 1. The van der Waals surface area contributed by atoms with Gasteiger partial charge in [-0.3, -0.25) is 43.5 Å². The normalized spacial score (nSPS) is 27.3. The number of nitrogens with zero attached hydrogens (tertiary/aromatic N) is 2. The van der Waals surface area contributed by atoms with Crippen molar-refractivity contribution < 1.29 is 33.6 Å². The van der Waals surface area contributed by atoms with Crippen LogP contribution in [-0.2, 0) is 40.0 Å². The Morgan fingerprint density at radius 1 is 0.880 bits per heavy atom. The van der Waals surface area contributed by atoms with Gasteiger partial charge < -0.3 is 38.1 Å². The minimum atomic E-state index is -1.30. The van der Waals surface area contributed by atoms with E-state index in [9.17, 15) is 33.6 Å². The topological polar surface area (TPSA) is 257 Å². The fourth-order valence-corrected chi connectivity index (χ4v) is 6.64. The molecule has 0 spiro atoms. The zero-order valence-corrected chi connectivity index (χ0v) is 29.6. The summed E-state index contributed by atoms with van der Waals surface area (Å²) in [7, 11) is 0. The SMILES string of the molecule is CC[C@@H]1NC(=O)[C@@H]2CSC(=N2)c2cc(ccn2)C[C@@H](C(N)=O)NC(=O)[C@H](CCC(N)=O)NC(=O)[C@H](CC2CC2)NC(=O)[C@H](C(C)(C)C)NC1=O. The highest BCUT2D eigenvalue weighted by Gasteiger charge is 2.39. The van der Waals surface area contributed by atoms with Crippen LogP contribution in [0.2, 0.25) is 0 Å². The number of fused-ring (bicyclic) bond motifs is 4. The second kappa shape index (κ2) is 16.4. The third-order valence-electron chi connectivity index (χ3n) is 8.76. The van der Waals surface area contributed by atoms with Gasteiger partial charge in [0.2, 0.25) is 41.4 Å². The van der Waals surface area contributed by atoms with Gasteiger partial charge >= 0.3 is 0 Å². The third kappa shape index (κ3) is 10.5. The van der Waals surface area contributed by atoms with Crippen LogP contribution >= 0.6 is 11.8 Å². The van der Waals surface area contributed by atoms with Crippen LogP contribution in [0, 0.1) is 11.3 Å². The van der Waals surface area contributed by atoms with Crippen LogP contribution in [0.1, 0.15) is 77.5 Å². The van der Waals surface area contributed by atoms with Crippen LogP contribution < -0.4 is 38.1 Å². The van der Waals surface area contributed by atoms with Crippen LogP contribution in [0.25, 0.3) is 0 Å². The van der Waals surface area contributed by atoms with Crippen molar-refractivity contribution in [2.24, 2.45) is 27.8 Å². The Labute approximate surface area is 294 Å². The van der Waals surface area contributed by atoms with Crippen LogP contribution in [0.15, 0.2) is 23.3 Å². The molecule has 3 heterocycles. The number of hydrogen-bond acceptors (Lipinski definition) is 10. The first kappa shape index (κ1) is 38.3. The average Bonchev–Trinajstić information content (AvgIpc) is 3.73. The Hall–Kier alpha value is -4.54. The summed E-state index contributed by atoms with van der Waals surface area (Å²) in [6.07, 6.45) is 3.26. The van der Waals surface area contributed by atoms with Gasteiger partial charge in [-0.2, -0.15) is 0 Å². The smallest absolute Gasteiger partial charge is 0.246 e. The molecule has 272 valence electrons. The monoisotopic (exact) mass is 713 g/mol. The quantitative estimate of drug-likeness (QED) is 0.181. The minimum Gasteiger partial charge on any atom is -0.370 e. The molecule has 1 aromatic rings. The summed E-state index contributed by atoms with van der Waals surface area (Å²) in [5.74, 6) is -4.20. The van der Waals surface area contributed by atoms with Crippen LogP contribution in [0.5, 0.6) is 0 Å². The zero-order chi connectivity index (χ0) is 36.7. The lowest BCUT2D eigenvalue weighted by Crippen LogP contribution is -2.61. The predicted octanol–water partition coefficient (Wildman–Crippen LogP) is -1.07. The number of carbonyl (C=O) groups excluding carboxylic acids is 7. The molecule has 4 rings (SSSR count). The van der Waals surface area contributed by atoms with Gasteiger partial charge in [-0.1, -0.05) is 40.5 Å². The third-order valence-corrected chi connectivity index (χ3v) is 9.83. The van der Waals surface area contributed by atoms with Crippen molar-refractivity contribution in [1.29, 1.82) is 0 Å². The van der Waals surface area contributed by atoms with E-state index in [2.05, 4.69) is 36.6 Å². The van der Waals surface area contributed by atoms with Gasteiger partial charge in [-0.15, -0.1) is 11.8 Å². The highest BCUT2D eigenvalue weighted by atomic mass is 32.2. The molecule has 6 atom stereocenters. The maximum Gasteiger partial charge on any atom is 0.246 e. The van der Waals surface area contributed by atoms with E-state index in [4.69, 9.17) is 11.5 Å². The van der Waals surface area contributed by atoms with Gasteiger partial charge in [-0.05, 0) is 48.3 Å². The molecule has 50 heavy (non-hydrogen) atoms. The van der Waals surface area contributed by atoms with Gasteiger partial charge in [0, 0.05) is 24.8 Å². The van der Waals surface area contributed by atoms with Crippen LogP contribution in [-0.4, -0.2) is 93.4 Å². The maximum absolute atomic E-state index is 13.8. The molecule has 4 bridgehead atoms.